The molecule has 2 aliphatic heterocycles. The maximum Gasteiger partial charge on any atom is 0.254 e. The first-order chi connectivity index (χ1) is 17.2. The van der Waals surface area contributed by atoms with E-state index < -0.39 is 9.84 Å². The van der Waals surface area contributed by atoms with Gasteiger partial charge in [-0.05, 0) is 56.4 Å². The van der Waals surface area contributed by atoms with Gasteiger partial charge in [0.15, 0.2) is 27.0 Å². The van der Waals surface area contributed by atoms with Crippen molar-refractivity contribution < 1.29 is 22.7 Å². The number of benzene rings is 1. The van der Waals surface area contributed by atoms with Crippen LogP contribution in [0.5, 0.6) is 11.5 Å². The number of aromatic nitrogens is 3. The molecule has 0 spiro atoms. The smallest absolute Gasteiger partial charge is 0.254 e. The Bertz CT molecular complexity index is 1430. The van der Waals surface area contributed by atoms with Crippen LogP contribution in [0.3, 0.4) is 0 Å². The zero-order chi connectivity index (χ0) is 25.6. The number of fused-ring (bicyclic) bond motifs is 1. The molecule has 2 unspecified atom stereocenters. The van der Waals surface area contributed by atoms with E-state index in [9.17, 15) is 13.2 Å². The van der Waals surface area contributed by atoms with Crippen LogP contribution in [0.25, 0.3) is 22.3 Å². The maximum atomic E-state index is 13.9. The fraction of sp³-hybridized carbons (Fsp3) is 0.500. The number of likely N-dealkylation sites (tertiary alicyclic amines) is 1. The first-order valence-electron chi connectivity index (χ1n) is 12.3. The van der Waals surface area contributed by atoms with Gasteiger partial charge in [0.1, 0.15) is 0 Å². The quantitative estimate of drug-likeness (QED) is 0.514. The highest BCUT2D eigenvalue weighted by Crippen LogP contribution is 2.36. The van der Waals surface area contributed by atoms with Crippen molar-refractivity contribution in [3.8, 4) is 22.8 Å². The highest BCUT2D eigenvalue weighted by molar-refractivity contribution is 7.91. The Labute approximate surface area is 211 Å². The van der Waals surface area contributed by atoms with E-state index in [-0.39, 0.29) is 23.5 Å². The standard InChI is InChI=1S/C26H32N4O5S/c1-16-6-5-10-29(14-16)26(31)20-13-21(18-7-8-22(34-3)23(12-18)35-4)27-25-24(20)17(2)28-30(25)19-9-11-36(32,33)15-19/h7-8,12-13,16,19H,5-6,9-11,14-15H2,1-4H3. The van der Waals surface area contributed by atoms with Crippen molar-refractivity contribution in [2.75, 3.05) is 38.8 Å². The fourth-order valence-electron chi connectivity index (χ4n) is 5.39. The summed E-state index contributed by atoms with van der Waals surface area (Å²) in [4.78, 5) is 20.7. The molecule has 2 atom stereocenters. The van der Waals surface area contributed by atoms with Crippen LogP contribution in [-0.4, -0.2) is 72.8 Å². The van der Waals surface area contributed by atoms with Gasteiger partial charge in [0.05, 0.1) is 54.1 Å². The minimum Gasteiger partial charge on any atom is -0.493 e. The summed E-state index contributed by atoms with van der Waals surface area (Å²) in [7, 11) is 0.0258. The number of carbonyl (C=O) groups is 1. The van der Waals surface area contributed by atoms with E-state index in [1.165, 1.54) is 0 Å². The summed E-state index contributed by atoms with van der Waals surface area (Å²) in [5.41, 5.74) is 3.12. The van der Waals surface area contributed by atoms with Gasteiger partial charge in [0, 0.05) is 18.7 Å². The zero-order valence-electron chi connectivity index (χ0n) is 21.2. The van der Waals surface area contributed by atoms with Crippen molar-refractivity contribution in [1.29, 1.82) is 0 Å². The number of sulfone groups is 1. The summed E-state index contributed by atoms with van der Waals surface area (Å²) >= 11 is 0. The molecule has 2 aliphatic rings. The summed E-state index contributed by atoms with van der Waals surface area (Å²) in [6.07, 6.45) is 2.56. The molecule has 0 saturated carbocycles. The van der Waals surface area contributed by atoms with Crippen LogP contribution in [0.4, 0.5) is 0 Å². The van der Waals surface area contributed by atoms with Crippen LogP contribution < -0.4 is 9.47 Å². The van der Waals surface area contributed by atoms with Gasteiger partial charge in [-0.15, -0.1) is 0 Å². The molecule has 0 radical (unpaired) electrons. The molecule has 9 nitrogen and oxygen atoms in total. The van der Waals surface area contributed by atoms with E-state index in [2.05, 4.69) is 6.92 Å². The van der Waals surface area contributed by atoms with E-state index in [1.807, 2.05) is 30.0 Å². The number of methoxy groups -OCH3 is 2. The third kappa shape index (κ3) is 4.42. The molecule has 0 bridgehead atoms. The lowest BCUT2D eigenvalue weighted by Crippen LogP contribution is -2.39. The van der Waals surface area contributed by atoms with Gasteiger partial charge in [-0.2, -0.15) is 5.10 Å². The molecule has 2 fully saturated rings. The minimum atomic E-state index is -3.13. The lowest BCUT2D eigenvalue weighted by Gasteiger charge is -2.31. The number of aryl methyl sites for hydroxylation is 1. The van der Waals surface area contributed by atoms with Gasteiger partial charge in [-0.1, -0.05) is 6.92 Å². The molecular formula is C26H32N4O5S. The number of rotatable bonds is 5. The zero-order valence-corrected chi connectivity index (χ0v) is 22.0. The predicted octanol–water partition coefficient (Wildman–Crippen LogP) is 3.66. The molecule has 3 aromatic rings. The first-order valence-corrected chi connectivity index (χ1v) is 14.1. The third-order valence-electron chi connectivity index (χ3n) is 7.25. The van der Waals surface area contributed by atoms with Crippen molar-refractivity contribution >= 4 is 26.8 Å². The normalized spacial score (nSPS) is 21.6. The molecular weight excluding hydrogens is 480 g/mol. The van der Waals surface area contributed by atoms with Crippen molar-refractivity contribution in [3.05, 3.63) is 35.5 Å². The van der Waals surface area contributed by atoms with E-state index in [4.69, 9.17) is 19.6 Å². The minimum absolute atomic E-state index is 0.0262. The Balaban J connectivity index is 1.70. The van der Waals surface area contributed by atoms with Gasteiger partial charge >= 0.3 is 0 Å². The summed E-state index contributed by atoms with van der Waals surface area (Å²) in [6.45, 7) is 5.45. The van der Waals surface area contributed by atoms with Crippen molar-refractivity contribution in [2.24, 2.45) is 5.92 Å². The largest absolute Gasteiger partial charge is 0.493 e. The first kappa shape index (κ1) is 24.5. The number of hydrogen-bond donors (Lipinski definition) is 0. The van der Waals surface area contributed by atoms with Gasteiger partial charge in [-0.25, -0.2) is 18.1 Å². The van der Waals surface area contributed by atoms with E-state index in [1.54, 1.807) is 25.0 Å². The second-order valence-electron chi connectivity index (χ2n) is 9.91. The topological polar surface area (TPSA) is 104 Å². The summed E-state index contributed by atoms with van der Waals surface area (Å²) in [6, 6.07) is 7.03. The Morgan fingerprint density at radius 1 is 1.11 bits per heavy atom. The summed E-state index contributed by atoms with van der Waals surface area (Å²) in [5, 5.41) is 5.40. The maximum absolute atomic E-state index is 13.9. The third-order valence-corrected chi connectivity index (χ3v) is 9.00. The molecule has 2 saturated heterocycles. The molecule has 5 rings (SSSR count). The molecule has 1 aromatic carbocycles. The SMILES string of the molecule is COc1ccc(-c2cc(C(=O)N3CCCC(C)C3)c3c(C)nn(C4CCS(=O)(=O)C4)c3n2)cc1OC. The number of amides is 1. The average Bonchev–Trinajstić information content (AvgIpc) is 3.41. The lowest BCUT2D eigenvalue weighted by molar-refractivity contribution is 0.0685. The molecule has 0 N–H and O–H groups in total. The van der Waals surface area contributed by atoms with E-state index in [0.717, 1.165) is 18.4 Å². The van der Waals surface area contributed by atoms with Crippen molar-refractivity contribution in [2.45, 2.75) is 39.2 Å². The molecule has 192 valence electrons. The molecule has 10 heteroatoms. The van der Waals surface area contributed by atoms with E-state index >= 15 is 0 Å². The van der Waals surface area contributed by atoms with Gasteiger partial charge < -0.3 is 14.4 Å². The van der Waals surface area contributed by atoms with Crippen LogP contribution in [0.15, 0.2) is 24.3 Å². The lowest BCUT2D eigenvalue weighted by atomic mass is 9.98. The molecule has 2 aromatic heterocycles. The highest BCUT2D eigenvalue weighted by atomic mass is 32.2. The highest BCUT2D eigenvalue weighted by Gasteiger charge is 2.33. The predicted molar refractivity (Wildman–Crippen MR) is 137 cm³/mol. The molecule has 1 amide bonds. The average molecular weight is 513 g/mol. The number of piperidine rings is 1. The molecule has 36 heavy (non-hydrogen) atoms. The fourth-order valence-corrected chi connectivity index (χ4v) is 7.08. The Kier molecular flexibility index (Phi) is 6.40. The number of nitrogens with zero attached hydrogens (tertiary/aromatic N) is 4. The summed E-state index contributed by atoms with van der Waals surface area (Å²) < 4.78 is 37.1. The second-order valence-corrected chi connectivity index (χ2v) is 12.1. The van der Waals surface area contributed by atoms with Crippen molar-refractivity contribution in [1.82, 2.24) is 19.7 Å². The number of carbonyl (C=O) groups excluding carboxylic acids is 1. The Hall–Kier alpha value is -3.14. The van der Waals surface area contributed by atoms with E-state index in [0.29, 0.717) is 64.9 Å². The number of pyridine rings is 1. The Morgan fingerprint density at radius 2 is 1.89 bits per heavy atom. The van der Waals surface area contributed by atoms with Crippen LogP contribution in [-0.2, 0) is 9.84 Å². The molecule has 4 heterocycles. The molecule has 0 aliphatic carbocycles. The van der Waals surface area contributed by atoms with Crippen molar-refractivity contribution in [3.63, 3.8) is 0 Å². The number of hydrogen-bond acceptors (Lipinski definition) is 7. The van der Waals surface area contributed by atoms with Crippen LogP contribution >= 0.6 is 0 Å². The Morgan fingerprint density at radius 3 is 2.56 bits per heavy atom. The van der Waals surface area contributed by atoms with Crippen LogP contribution in [0.1, 0.15) is 48.3 Å². The van der Waals surface area contributed by atoms with Gasteiger partial charge in [-0.3, -0.25) is 4.79 Å². The summed E-state index contributed by atoms with van der Waals surface area (Å²) in [5.74, 6) is 1.71. The monoisotopic (exact) mass is 512 g/mol. The van der Waals surface area contributed by atoms with Gasteiger partial charge in [0.2, 0.25) is 0 Å². The van der Waals surface area contributed by atoms with Gasteiger partial charge in [0.25, 0.3) is 5.91 Å². The number of ether oxygens (including phenoxy) is 2. The van der Waals surface area contributed by atoms with Crippen LogP contribution in [0, 0.1) is 12.8 Å². The van der Waals surface area contributed by atoms with Crippen LogP contribution in [0.2, 0.25) is 0 Å². The second kappa shape index (κ2) is 9.38.